The highest BCUT2D eigenvalue weighted by molar-refractivity contribution is 5.75. The Morgan fingerprint density at radius 2 is 1.41 bits per heavy atom. The Bertz CT molecular complexity index is 515. The minimum absolute atomic E-state index is 0.630. The molecule has 0 bridgehead atoms. The van der Waals surface area contributed by atoms with Crippen LogP contribution in [-0.2, 0) is 0 Å². The quantitative estimate of drug-likeness (QED) is 0.338. The Morgan fingerprint density at radius 1 is 0.824 bits per heavy atom. The van der Waals surface area contributed by atoms with Crippen molar-refractivity contribution < 1.29 is 4.74 Å². The average Bonchev–Trinajstić information content (AvgIpc) is 2.41. The van der Waals surface area contributed by atoms with Crippen molar-refractivity contribution in [1.82, 2.24) is 0 Å². The molecule has 0 saturated heterocycles. The summed E-state index contributed by atoms with van der Waals surface area (Å²) >= 11 is 0. The van der Waals surface area contributed by atoms with Gasteiger partial charge in [-0.25, -0.2) is 0 Å². The number of nitrogens with zero attached hydrogens (tertiary/aromatic N) is 1. The van der Waals surface area contributed by atoms with Crippen molar-refractivity contribution in [1.29, 1.82) is 0 Å². The van der Waals surface area contributed by atoms with Gasteiger partial charge in [-0.3, -0.25) is 0 Å². The Morgan fingerprint density at radius 3 is 2.06 bits per heavy atom. The number of hydrogen-bond donors (Lipinski definition) is 0. The topological polar surface area (TPSA) is 26.1 Å². The molecule has 2 aromatic rings. The van der Waals surface area contributed by atoms with Crippen LogP contribution in [0.25, 0.3) is 6.08 Å². The fraction of sp³-hybridized carbons (Fsp3) is 0. The predicted octanol–water partition coefficient (Wildman–Crippen LogP) is 3.61. The van der Waals surface area contributed by atoms with Crippen LogP contribution in [0.4, 0.5) is 5.69 Å². The van der Waals surface area contributed by atoms with Crippen LogP contribution in [0.15, 0.2) is 66.7 Å². The Kier molecular flexibility index (Phi) is 3.71. The van der Waals surface area contributed by atoms with Crippen molar-refractivity contribution >= 4 is 18.0 Å². The molecule has 0 fully saturated rings. The number of para-hydroxylation sites is 1. The molecule has 0 aliphatic rings. The van der Waals surface area contributed by atoms with Crippen LogP contribution in [0.3, 0.4) is 0 Å². The van der Waals surface area contributed by atoms with Crippen molar-refractivity contribution in [2.75, 3.05) is 0 Å². The van der Waals surface area contributed by atoms with Gasteiger partial charge in [0.15, 0.2) is 6.21 Å². The molecule has 0 spiro atoms. The number of hydrogen-bond acceptors (Lipinski definition) is 1. The molecule has 17 heavy (non-hydrogen) atoms. The third kappa shape index (κ3) is 3.31. The molecule has 0 N–H and O–H groups in total. The van der Waals surface area contributed by atoms with E-state index in [1.54, 1.807) is 18.2 Å². The van der Waals surface area contributed by atoms with Crippen LogP contribution in [0.5, 0.6) is 0 Å². The van der Waals surface area contributed by atoms with Gasteiger partial charge >= 0.3 is 0 Å². The fourth-order valence-electron chi connectivity index (χ4n) is 1.46. The monoisotopic (exact) mass is 223 g/mol. The standard InChI is InChI=1S/C15H13NO/c17-16(15-11-5-2-6-12-15)13-7-10-14-8-3-1-4-9-14/h1-13H/b10-7+,16-13-. The van der Waals surface area contributed by atoms with E-state index in [1.807, 2.05) is 54.6 Å². The normalized spacial score (nSPS) is 11.9. The van der Waals surface area contributed by atoms with Gasteiger partial charge in [-0.15, -0.1) is 0 Å². The minimum Gasteiger partial charge on any atom is -0.618 e. The summed E-state index contributed by atoms with van der Waals surface area (Å²) in [5, 5.41) is 11.6. The first kappa shape index (κ1) is 11.1. The lowest BCUT2D eigenvalue weighted by molar-refractivity contribution is -0.354. The van der Waals surface area contributed by atoms with E-state index in [4.69, 9.17) is 0 Å². The molecule has 84 valence electrons. The van der Waals surface area contributed by atoms with Gasteiger partial charge in [0.2, 0.25) is 5.69 Å². The SMILES string of the molecule is [O-]/[N+](=C\C=C\c1ccccc1)c1ccccc1. The van der Waals surface area contributed by atoms with E-state index in [2.05, 4.69) is 0 Å². The van der Waals surface area contributed by atoms with Crippen LogP contribution in [0.1, 0.15) is 5.56 Å². The summed E-state index contributed by atoms with van der Waals surface area (Å²) in [6.07, 6.45) is 5.14. The first-order chi connectivity index (χ1) is 8.36. The number of benzene rings is 2. The van der Waals surface area contributed by atoms with Gasteiger partial charge in [0.1, 0.15) is 0 Å². The summed E-state index contributed by atoms with van der Waals surface area (Å²) in [4.78, 5) is 0. The largest absolute Gasteiger partial charge is 0.618 e. The van der Waals surface area contributed by atoms with E-state index < -0.39 is 0 Å². The van der Waals surface area contributed by atoms with E-state index in [0.29, 0.717) is 5.69 Å². The molecule has 0 unspecified atom stereocenters. The Labute approximate surface area is 101 Å². The summed E-state index contributed by atoms with van der Waals surface area (Å²) in [6, 6.07) is 19.0. The molecule has 2 nitrogen and oxygen atoms in total. The molecule has 0 aliphatic carbocycles. The van der Waals surface area contributed by atoms with Crippen molar-refractivity contribution in [3.8, 4) is 0 Å². The molecule has 2 rings (SSSR count). The van der Waals surface area contributed by atoms with Gasteiger partial charge in [-0.05, 0) is 11.6 Å². The van der Waals surface area contributed by atoms with Gasteiger partial charge < -0.3 is 5.21 Å². The molecule has 0 aromatic heterocycles. The molecule has 0 heterocycles. The van der Waals surface area contributed by atoms with Gasteiger partial charge in [-0.2, -0.15) is 4.74 Å². The lowest BCUT2D eigenvalue weighted by Crippen LogP contribution is -1.94. The molecular formula is C15H13NO. The minimum atomic E-state index is 0.630. The highest BCUT2D eigenvalue weighted by atomic mass is 16.5. The van der Waals surface area contributed by atoms with E-state index in [0.717, 1.165) is 10.3 Å². The second-order valence-corrected chi connectivity index (χ2v) is 3.58. The zero-order chi connectivity index (χ0) is 11.9. The van der Waals surface area contributed by atoms with E-state index in [-0.39, 0.29) is 0 Å². The maximum absolute atomic E-state index is 11.6. The highest BCUT2D eigenvalue weighted by Crippen LogP contribution is 2.08. The van der Waals surface area contributed by atoms with Crippen molar-refractivity contribution in [2.24, 2.45) is 0 Å². The summed E-state index contributed by atoms with van der Waals surface area (Å²) in [7, 11) is 0. The maximum Gasteiger partial charge on any atom is 0.216 e. The Hall–Kier alpha value is -2.35. The van der Waals surface area contributed by atoms with Crippen LogP contribution in [0.2, 0.25) is 0 Å². The summed E-state index contributed by atoms with van der Waals surface area (Å²) in [6.45, 7) is 0. The average molecular weight is 223 g/mol. The van der Waals surface area contributed by atoms with Crippen LogP contribution in [-0.4, -0.2) is 11.0 Å². The van der Waals surface area contributed by atoms with Crippen LogP contribution in [0, 0.1) is 5.21 Å². The van der Waals surface area contributed by atoms with E-state index >= 15 is 0 Å². The molecule has 2 heteroatoms. The van der Waals surface area contributed by atoms with Crippen molar-refractivity contribution in [3.63, 3.8) is 0 Å². The van der Waals surface area contributed by atoms with Gasteiger partial charge in [0, 0.05) is 18.2 Å². The Balaban J connectivity index is 2.09. The molecule has 0 amide bonds. The van der Waals surface area contributed by atoms with Crippen LogP contribution >= 0.6 is 0 Å². The third-order valence-corrected chi connectivity index (χ3v) is 2.32. The second kappa shape index (κ2) is 5.66. The maximum atomic E-state index is 11.6. The fourth-order valence-corrected chi connectivity index (χ4v) is 1.46. The van der Waals surface area contributed by atoms with E-state index in [9.17, 15) is 5.21 Å². The second-order valence-electron chi connectivity index (χ2n) is 3.58. The molecule has 0 aliphatic heterocycles. The lowest BCUT2D eigenvalue weighted by atomic mass is 10.2. The molecule has 2 aromatic carbocycles. The molecular weight excluding hydrogens is 210 g/mol. The van der Waals surface area contributed by atoms with Gasteiger partial charge in [0.05, 0.1) is 0 Å². The predicted molar refractivity (Wildman–Crippen MR) is 71.3 cm³/mol. The molecule has 0 atom stereocenters. The zero-order valence-corrected chi connectivity index (χ0v) is 9.36. The summed E-state index contributed by atoms with van der Waals surface area (Å²) in [5.74, 6) is 0. The molecule has 0 radical (unpaired) electrons. The van der Waals surface area contributed by atoms with Gasteiger partial charge in [-0.1, -0.05) is 48.5 Å². The zero-order valence-electron chi connectivity index (χ0n) is 9.36. The first-order valence-corrected chi connectivity index (χ1v) is 5.44. The highest BCUT2D eigenvalue weighted by Gasteiger charge is 1.95. The first-order valence-electron chi connectivity index (χ1n) is 5.44. The van der Waals surface area contributed by atoms with Crippen molar-refractivity contribution in [3.05, 3.63) is 77.5 Å². The summed E-state index contributed by atoms with van der Waals surface area (Å²) in [5.41, 5.74) is 1.70. The molecule has 0 saturated carbocycles. The van der Waals surface area contributed by atoms with Gasteiger partial charge in [0.25, 0.3) is 0 Å². The smallest absolute Gasteiger partial charge is 0.216 e. The number of allylic oxidation sites excluding steroid dienone is 1. The van der Waals surface area contributed by atoms with Crippen molar-refractivity contribution in [2.45, 2.75) is 0 Å². The lowest BCUT2D eigenvalue weighted by Gasteiger charge is -1.99. The van der Waals surface area contributed by atoms with Crippen LogP contribution < -0.4 is 0 Å². The number of rotatable bonds is 3. The third-order valence-electron chi connectivity index (χ3n) is 2.32. The van der Waals surface area contributed by atoms with E-state index in [1.165, 1.54) is 6.21 Å². The summed E-state index contributed by atoms with van der Waals surface area (Å²) < 4.78 is 0.847.